The van der Waals surface area contributed by atoms with Gasteiger partial charge in [0, 0.05) is 49.2 Å². The van der Waals surface area contributed by atoms with E-state index in [9.17, 15) is 18.8 Å². The molecule has 2 aromatic carbocycles. The lowest BCUT2D eigenvalue weighted by Crippen LogP contribution is -2.28. The summed E-state index contributed by atoms with van der Waals surface area (Å²) < 4.78 is 13.2. The summed E-state index contributed by atoms with van der Waals surface area (Å²) in [5.74, 6) is -1.59. The molecule has 1 aliphatic heterocycles. The Morgan fingerprint density at radius 3 is 2.53 bits per heavy atom. The first kappa shape index (κ1) is 24.9. The highest BCUT2D eigenvalue weighted by molar-refractivity contribution is 6.34. The number of aliphatic imine (C=N–C) groups is 1. The first-order valence-corrected chi connectivity index (χ1v) is 11.6. The van der Waals surface area contributed by atoms with Crippen LogP contribution >= 0.6 is 11.6 Å². The number of carbonyl (C=O) groups is 3. The highest BCUT2D eigenvalue weighted by atomic mass is 35.5. The second kappa shape index (κ2) is 11.5. The van der Waals surface area contributed by atoms with Gasteiger partial charge in [0.1, 0.15) is 11.5 Å². The van der Waals surface area contributed by atoms with Crippen LogP contribution in [0.3, 0.4) is 0 Å². The van der Waals surface area contributed by atoms with E-state index >= 15 is 0 Å². The van der Waals surface area contributed by atoms with Crippen LogP contribution in [-0.4, -0.2) is 35.3 Å². The number of pyridine rings is 1. The molecule has 4 rings (SSSR count). The maximum Gasteiger partial charge on any atom is 0.270 e. The standard InChI is InChI=1S/C27H22ClFN4O3/c28-23-15-19(29)5-8-21(23)24(34)14-17-3-6-20(7-4-17)33-26(35)22-10-13-31-25(22)27(36)32-12-9-18-2-1-11-30-16-18/h1-8,11,13,15-16H,9-10,12,14H2,(H,32,36)(H,33,35). The van der Waals surface area contributed by atoms with Crippen molar-refractivity contribution in [1.29, 1.82) is 0 Å². The first-order chi connectivity index (χ1) is 17.4. The van der Waals surface area contributed by atoms with Gasteiger partial charge in [0.15, 0.2) is 5.78 Å². The van der Waals surface area contributed by atoms with Gasteiger partial charge in [-0.3, -0.25) is 24.4 Å². The molecule has 0 spiro atoms. The van der Waals surface area contributed by atoms with Crippen molar-refractivity contribution in [2.24, 2.45) is 4.99 Å². The topological polar surface area (TPSA) is 101 Å². The minimum Gasteiger partial charge on any atom is -0.350 e. The number of halogens is 2. The zero-order valence-corrected chi connectivity index (χ0v) is 19.9. The summed E-state index contributed by atoms with van der Waals surface area (Å²) in [7, 11) is 0. The summed E-state index contributed by atoms with van der Waals surface area (Å²) in [5, 5.41) is 5.62. The Kier molecular flexibility index (Phi) is 7.97. The van der Waals surface area contributed by atoms with Crippen LogP contribution < -0.4 is 10.6 Å². The number of hydrogen-bond donors (Lipinski definition) is 2. The van der Waals surface area contributed by atoms with Gasteiger partial charge in [0.05, 0.1) is 10.6 Å². The largest absolute Gasteiger partial charge is 0.350 e. The van der Waals surface area contributed by atoms with Gasteiger partial charge in [-0.15, -0.1) is 0 Å². The minimum atomic E-state index is -0.509. The van der Waals surface area contributed by atoms with Gasteiger partial charge < -0.3 is 10.6 Å². The van der Waals surface area contributed by atoms with Crippen LogP contribution in [0.2, 0.25) is 5.02 Å². The Balaban J connectivity index is 1.34. The van der Waals surface area contributed by atoms with E-state index in [0.29, 0.717) is 24.2 Å². The maximum absolute atomic E-state index is 13.2. The third-order valence-electron chi connectivity index (χ3n) is 5.52. The predicted octanol–water partition coefficient (Wildman–Crippen LogP) is 4.33. The molecular formula is C27H22ClFN4O3. The number of aromatic nitrogens is 1. The van der Waals surface area contributed by atoms with Crippen LogP contribution in [0.4, 0.5) is 10.1 Å². The van der Waals surface area contributed by atoms with Gasteiger partial charge in [-0.1, -0.05) is 29.8 Å². The molecule has 3 aromatic rings. The SMILES string of the molecule is O=C(Nc1ccc(CC(=O)c2ccc(F)cc2Cl)cc1)C1=C(C(=O)NCCc2cccnc2)N=CC1. The molecule has 0 fully saturated rings. The number of hydrogen-bond acceptors (Lipinski definition) is 5. The molecule has 1 aromatic heterocycles. The summed E-state index contributed by atoms with van der Waals surface area (Å²) in [4.78, 5) is 46.0. The van der Waals surface area contributed by atoms with Crippen LogP contribution in [-0.2, 0) is 22.4 Å². The van der Waals surface area contributed by atoms with Crippen LogP contribution in [0.25, 0.3) is 0 Å². The van der Waals surface area contributed by atoms with E-state index in [1.54, 1.807) is 36.7 Å². The van der Waals surface area contributed by atoms with Crippen LogP contribution in [0, 0.1) is 5.82 Å². The Bertz CT molecular complexity index is 1360. The second-order valence-electron chi connectivity index (χ2n) is 8.09. The minimum absolute atomic E-state index is 0.0628. The molecule has 7 nitrogen and oxygen atoms in total. The molecule has 0 bridgehead atoms. The first-order valence-electron chi connectivity index (χ1n) is 11.2. The molecule has 2 heterocycles. The number of nitrogens with zero attached hydrogens (tertiary/aromatic N) is 2. The van der Waals surface area contributed by atoms with E-state index in [1.165, 1.54) is 18.3 Å². The monoisotopic (exact) mass is 504 g/mol. The summed E-state index contributed by atoms with van der Waals surface area (Å²) in [5.41, 5.74) is 2.82. The molecule has 2 amide bonds. The summed E-state index contributed by atoms with van der Waals surface area (Å²) in [6.45, 7) is 0.391. The van der Waals surface area contributed by atoms with Crippen molar-refractivity contribution in [2.45, 2.75) is 19.3 Å². The average molecular weight is 505 g/mol. The molecule has 36 heavy (non-hydrogen) atoms. The van der Waals surface area contributed by atoms with Gasteiger partial charge in [0.25, 0.3) is 11.8 Å². The fourth-order valence-electron chi connectivity index (χ4n) is 3.66. The zero-order valence-electron chi connectivity index (χ0n) is 19.1. The van der Waals surface area contributed by atoms with Crippen molar-refractivity contribution >= 4 is 41.1 Å². The smallest absolute Gasteiger partial charge is 0.270 e. The number of rotatable bonds is 9. The lowest BCUT2D eigenvalue weighted by atomic mass is 10.0. The molecule has 0 atom stereocenters. The Morgan fingerprint density at radius 1 is 1.00 bits per heavy atom. The predicted molar refractivity (Wildman–Crippen MR) is 136 cm³/mol. The maximum atomic E-state index is 13.2. The van der Waals surface area contributed by atoms with Gasteiger partial charge in [-0.25, -0.2) is 4.39 Å². The molecule has 9 heteroatoms. The van der Waals surface area contributed by atoms with Crippen LogP contribution in [0.15, 0.2) is 83.3 Å². The molecule has 0 saturated heterocycles. The number of benzene rings is 2. The van der Waals surface area contributed by atoms with Crippen molar-refractivity contribution in [3.63, 3.8) is 0 Å². The van der Waals surface area contributed by atoms with Crippen molar-refractivity contribution < 1.29 is 18.8 Å². The number of Topliss-reactive ketones (excluding diaryl/α,β-unsaturated/α-hetero) is 1. The van der Waals surface area contributed by atoms with Crippen molar-refractivity contribution in [3.8, 4) is 0 Å². The van der Waals surface area contributed by atoms with E-state index in [-0.39, 0.29) is 40.5 Å². The van der Waals surface area contributed by atoms with Crippen molar-refractivity contribution in [2.75, 3.05) is 11.9 Å². The fourth-order valence-corrected chi connectivity index (χ4v) is 3.93. The third kappa shape index (κ3) is 6.28. The molecule has 0 aliphatic carbocycles. The van der Waals surface area contributed by atoms with E-state index < -0.39 is 17.6 Å². The summed E-state index contributed by atoms with van der Waals surface area (Å²) in [6.07, 6.45) is 5.88. The van der Waals surface area contributed by atoms with E-state index in [4.69, 9.17) is 11.6 Å². The molecule has 0 radical (unpaired) electrons. The molecular weight excluding hydrogens is 483 g/mol. The Hall–Kier alpha value is -4.17. The van der Waals surface area contributed by atoms with Crippen LogP contribution in [0.5, 0.6) is 0 Å². The number of amides is 2. The van der Waals surface area contributed by atoms with Gasteiger partial charge in [0.2, 0.25) is 0 Å². The van der Waals surface area contributed by atoms with Crippen molar-refractivity contribution in [3.05, 3.63) is 106 Å². The Morgan fingerprint density at radius 2 is 1.81 bits per heavy atom. The van der Waals surface area contributed by atoms with Crippen molar-refractivity contribution in [1.82, 2.24) is 10.3 Å². The van der Waals surface area contributed by atoms with Crippen LogP contribution in [0.1, 0.15) is 27.9 Å². The lowest BCUT2D eigenvalue weighted by Gasteiger charge is -2.10. The van der Waals surface area contributed by atoms with E-state index in [1.807, 2.05) is 12.1 Å². The molecule has 2 N–H and O–H groups in total. The van der Waals surface area contributed by atoms with Gasteiger partial charge in [-0.2, -0.15) is 0 Å². The average Bonchev–Trinajstić information content (AvgIpc) is 3.36. The molecule has 0 saturated carbocycles. The molecule has 182 valence electrons. The highest BCUT2D eigenvalue weighted by Gasteiger charge is 2.23. The Labute approximate surface area is 212 Å². The normalized spacial score (nSPS) is 12.5. The quantitative estimate of drug-likeness (QED) is 0.424. The number of nitrogens with one attached hydrogen (secondary N) is 2. The second-order valence-corrected chi connectivity index (χ2v) is 8.49. The molecule has 0 unspecified atom stereocenters. The lowest BCUT2D eigenvalue weighted by molar-refractivity contribution is -0.118. The third-order valence-corrected chi connectivity index (χ3v) is 5.83. The summed E-state index contributed by atoms with van der Waals surface area (Å²) >= 11 is 5.97. The molecule has 1 aliphatic rings. The highest BCUT2D eigenvalue weighted by Crippen LogP contribution is 2.21. The van der Waals surface area contributed by atoms with Gasteiger partial charge in [-0.05, 0) is 53.9 Å². The number of ketones is 1. The summed E-state index contributed by atoms with van der Waals surface area (Å²) in [6, 6.07) is 14.1. The van der Waals surface area contributed by atoms with E-state index in [2.05, 4.69) is 20.6 Å². The zero-order chi connectivity index (χ0) is 25.5. The fraction of sp³-hybridized carbons (Fsp3) is 0.148. The number of carbonyl (C=O) groups excluding carboxylic acids is 3. The van der Waals surface area contributed by atoms with E-state index in [0.717, 1.165) is 11.6 Å². The number of anilines is 1. The van der Waals surface area contributed by atoms with Gasteiger partial charge >= 0.3 is 0 Å².